The Hall–Kier alpha value is -2.67. The minimum absolute atomic E-state index is 0.00135. The van der Waals surface area contributed by atoms with Gasteiger partial charge in [-0.3, -0.25) is 4.79 Å². The van der Waals surface area contributed by atoms with Gasteiger partial charge in [-0.2, -0.15) is 11.3 Å². The van der Waals surface area contributed by atoms with Crippen LogP contribution in [-0.4, -0.2) is 29.8 Å². The van der Waals surface area contributed by atoms with Crippen LogP contribution in [0.2, 0.25) is 0 Å². The number of carbonyl (C=O) groups excluding carboxylic acids is 1. The fraction of sp³-hybridized carbons (Fsp3) is 0.409. The van der Waals surface area contributed by atoms with Gasteiger partial charge < -0.3 is 14.5 Å². The molecule has 1 aromatic carbocycles. The standard InChI is InChI=1S/C22H25N3O3S/c1-27-18-7-3-2-6-17(18)22(11-4-5-12-22)15-23-19(26)8-9-20-24-25-21(28-20)16-10-13-29-14-16/h2-3,6-7,10,13-14H,4-5,8-9,11-12,15H2,1H3,(H,23,26). The zero-order valence-corrected chi connectivity index (χ0v) is 17.3. The highest BCUT2D eigenvalue weighted by molar-refractivity contribution is 7.08. The van der Waals surface area contributed by atoms with E-state index in [4.69, 9.17) is 9.15 Å². The molecule has 1 amide bonds. The number of rotatable bonds is 8. The van der Waals surface area contributed by atoms with Gasteiger partial charge in [0, 0.05) is 41.3 Å². The largest absolute Gasteiger partial charge is 0.496 e. The monoisotopic (exact) mass is 411 g/mol. The van der Waals surface area contributed by atoms with Gasteiger partial charge in [-0.1, -0.05) is 31.0 Å². The summed E-state index contributed by atoms with van der Waals surface area (Å²) in [7, 11) is 1.70. The molecular weight excluding hydrogens is 386 g/mol. The van der Waals surface area contributed by atoms with Gasteiger partial charge in [0.05, 0.1) is 7.11 Å². The number of ether oxygens (including phenoxy) is 1. The highest BCUT2D eigenvalue weighted by Gasteiger charge is 2.37. The maximum atomic E-state index is 12.5. The van der Waals surface area contributed by atoms with Crippen LogP contribution in [0.1, 0.15) is 43.6 Å². The van der Waals surface area contributed by atoms with Crippen molar-refractivity contribution in [1.82, 2.24) is 15.5 Å². The molecule has 0 spiro atoms. The summed E-state index contributed by atoms with van der Waals surface area (Å²) in [6.45, 7) is 0.621. The molecule has 1 saturated carbocycles. The van der Waals surface area contributed by atoms with Crippen LogP contribution in [0, 0.1) is 0 Å². The predicted molar refractivity (Wildman–Crippen MR) is 112 cm³/mol. The van der Waals surface area contributed by atoms with Crippen molar-refractivity contribution in [2.75, 3.05) is 13.7 Å². The summed E-state index contributed by atoms with van der Waals surface area (Å²) in [4.78, 5) is 12.5. The molecular formula is C22H25N3O3S. The second-order valence-electron chi connectivity index (χ2n) is 7.48. The molecule has 152 valence electrons. The number of thiophene rings is 1. The van der Waals surface area contributed by atoms with Crippen LogP contribution < -0.4 is 10.1 Å². The third-order valence-corrected chi connectivity index (χ3v) is 6.35. The summed E-state index contributed by atoms with van der Waals surface area (Å²) in [5, 5.41) is 15.2. The Labute approximate surface area is 174 Å². The van der Waals surface area contributed by atoms with E-state index in [1.54, 1.807) is 18.4 Å². The Morgan fingerprint density at radius 3 is 2.83 bits per heavy atom. The van der Waals surface area contributed by atoms with Gasteiger partial charge in [0.1, 0.15) is 5.75 Å². The molecule has 1 fully saturated rings. The van der Waals surface area contributed by atoms with Crippen molar-refractivity contribution in [3.8, 4) is 17.2 Å². The van der Waals surface area contributed by atoms with Gasteiger partial charge in [0.15, 0.2) is 0 Å². The Balaban J connectivity index is 1.36. The van der Waals surface area contributed by atoms with Gasteiger partial charge >= 0.3 is 0 Å². The number of aromatic nitrogens is 2. The number of nitrogens with one attached hydrogen (secondary N) is 1. The van der Waals surface area contributed by atoms with E-state index in [1.807, 2.05) is 35.0 Å². The molecule has 7 heteroatoms. The normalized spacial score (nSPS) is 15.3. The van der Waals surface area contributed by atoms with Crippen LogP contribution in [0.25, 0.3) is 11.5 Å². The van der Waals surface area contributed by atoms with E-state index in [-0.39, 0.29) is 11.3 Å². The van der Waals surface area contributed by atoms with Crippen LogP contribution in [0.5, 0.6) is 5.75 Å². The Morgan fingerprint density at radius 2 is 2.07 bits per heavy atom. The fourth-order valence-corrected chi connectivity index (χ4v) is 4.74. The van der Waals surface area contributed by atoms with Crippen molar-refractivity contribution in [3.63, 3.8) is 0 Å². The number of carbonyl (C=O) groups is 1. The molecule has 0 aliphatic heterocycles. The van der Waals surface area contributed by atoms with Crippen molar-refractivity contribution in [3.05, 3.63) is 52.5 Å². The fourth-order valence-electron chi connectivity index (χ4n) is 4.11. The minimum Gasteiger partial charge on any atom is -0.496 e. The van der Waals surface area contributed by atoms with Crippen LogP contribution >= 0.6 is 11.3 Å². The summed E-state index contributed by atoms with van der Waals surface area (Å²) in [5.41, 5.74) is 2.05. The van der Waals surface area contributed by atoms with Crippen molar-refractivity contribution in [1.29, 1.82) is 0 Å². The number of methoxy groups -OCH3 is 1. The molecule has 0 atom stereocenters. The smallest absolute Gasteiger partial charge is 0.248 e. The lowest BCUT2D eigenvalue weighted by Crippen LogP contribution is -2.39. The molecule has 0 saturated heterocycles. The Morgan fingerprint density at radius 1 is 1.24 bits per heavy atom. The number of para-hydroxylation sites is 1. The lowest BCUT2D eigenvalue weighted by atomic mass is 9.78. The zero-order valence-electron chi connectivity index (χ0n) is 16.5. The van der Waals surface area contributed by atoms with Crippen LogP contribution in [0.4, 0.5) is 0 Å². The number of aryl methyl sites for hydroxylation is 1. The number of nitrogens with zero attached hydrogens (tertiary/aromatic N) is 2. The Kier molecular flexibility index (Phi) is 5.94. The van der Waals surface area contributed by atoms with Crippen molar-refractivity contribution in [2.45, 2.75) is 43.9 Å². The van der Waals surface area contributed by atoms with Crippen molar-refractivity contribution < 1.29 is 13.9 Å². The molecule has 1 N–H and O–H groups in total. The third kappa shape index (κ3) is 4.34. The summed E-state index contributed by atoms with van der Waals surface area (Å²) >= 11 is 1.58. The van der Waals surface area contributed by atoms with E-state index in [2.05, 4.69) is 21.6 Å². The third-order valence-electron chi connectivity index (χ3n) is 5.66. The molecule has 6 nitrogen and oxygen atoms in total. The summed E-state index contributed by atoms with van der Waals surface area (Å²) in [6, 6.07) is 10.1. The first kappa shape index (κ1) is 19.6. The summed E-state index contributed by atoms with van der Waals surface area (Å²) in [6.07, 6.45) is 5.21. The molecule has 0 radical (unpaired) electrons. The first-order valence-electron chi connectivity index (χ1n) is 9.95. The lowest BCUT2D eigenvalue weighted by molar-refractivity contribution is -0.121. The van der Waals surface area contributed by atoms with Crippen molar-refractivity contribution >= 4 is 17.2 Å². The molecule has 3 aromatic rings. The number of hydrogen-bond acceptors (Lipinski definition) is 6. The topological polar surface area (TPSA) is 77.2 Å². The second-order valence-corrected chi connectivity index (χ2v) is 8.26. The molecule has 4 rings (SSSR count). The quantitative estimate of drug-likeness (QED) is 0.596. The van der Waals surface area contributed by atoms with Gasteiger partial charge in [0.25, 0.3) is 0 Å². The van der Waals surface area contributed by atoms with Crippen molar-refractivity contribution in [2.24, 2.45) is 0 Å². The molecule has 1 aliphatic rings. The van der Waals surface area contributed by atoms with Gasteiger partial charge in [-0.05, 0) is 30.4 Å². The van der Waals surface area contributed by atoms with E-state index in [0.29, 0.717) is 31.2 Å². The Bertz CT molecular complexity index is 946. The molecule has 2 heterocycles. The maximum absolute atomic E-state index is 12.5. The van der Waals surface area contributed by atoms with Crippen LogP contribution in [0.3, 0.4) is 0 Å². The van der Waals surface area contributed by atoms with E-state index in [0.717, 1.165) is 24.2 Å². The van der Waals surface area contributed by atoms with Gasteiger partial charge in [0.2, 0.25) is 17.7 Å². The minimum atomic E-state index is -0.0567. The molecule has 1 aliphatic carbocycles. The molecule has 2 aromatic heterocycles. The highest BCUT2D eigenvalue weighted by Crippen LogP contribution is 2.44. The molecule has 0 bridgehead atoms. The second kappa shape index (κ2) is 8.78. The van der Waals surface area contributed by atoms with E-state index in [1.165, 1.54) is 18.4 Å². The first-order chi connectivity index (χ1) is 14.2. The predicted octanol–water partition coefficient (Wildman–Crippen LogP) is 4.37. The maximum Gasteiger partial charge on any atom is 0.248 e. The van der Waals surface area contributed by atoms with Crippen LogP contribution in [0.15, 0.2) is 45.5 Å². The number of benzene rings is 1. The summed E-state index contributed by atoms with van der Waals surface area (Å²) < 4.78 is 11.3. The van der Waals surface area contributed by atoms with E-state index < -0.39 is 0 Å². The summed E-state index contributed by atoms with van der Waals surface area (Å²) in [5.74, 6) is 1.89. The van der Waals surface area contributed by atoms with Gasteiger partial charge in [-0.25, -0.2) is 0 Å². The number of hydrogen-bond donors (Lipinski definition) is 1. The number of amides is 1. The van der Waals surface area contributed by atoms with E-state index in [9.17, 15) is 4.79 Å². The first-order valence-corrected chi connectivity index (χ1v) is 10.9. The average Bonchev–Trinajstić information content (AvgIpc) is 3.52. The SMILES string of the molecule is COc1ccccc1C1(CNC(=O)CCc2nnc(-c3ccsc3)o2)CCCC1. The zero-order chi connectivity index (χ0) is 20.1. The molecule has 0 unspecified atom stereocenters. The average molecular weight is 412 g/mol. The highest BCUT2D eigenvalue weighted by atomic mass is 32.1. The molecule has 29 heavy (non-hydrogen) atoms. The van der Waals surface area contributed by atoms with Crippen LogP contribution in [-0.2, 0) is 16.6 Å². The van der Waals surface area contributed by atoms with E-state index >= 15 is 0 Å². The lowest BCUT2D eigenvalue weighted by Gasteiger charge is -2.31. The van der Waals surface area contributed by atoms with Gasteiger partial charge in [-0.15, -0.1) is 10.2 Å².